The van der Waals surface area contributed by atoms with Gasteiger partial charge in [0.2, 0.25) is 5.91 Å². The summed E-state index contributed by atoms with van der Waals surface area (Å²) in [5.74, 6) is 1.52. The lowest BCUT2D eigenvalue weighted by atomic mass is 10.1. The number of thiazole rings is 1. The van der Waals surface area contributed by atoms with Gasteiger partial charge >= 0.3 is 0 Å². The van der Waals surface area contributed by atoms with Gasteiger partial charge in [0.1, 0.15) is 11.5 Å². The van der Waals surface area contributed by atoms with Crippen LogP contribution in [0.5, 0.6) is 11.5 Å². The molecule has 3 rings (SSSR count). The van der Waals surface area contributed by atoms with E-state index in [1.54, 1.807) is 30.5 Å². The minimum atomic E-state index is 0.0633. The van der Waals surface area contributed by atoms with Gasteiger partial charge in [-0.25, -0.2) is 4.98 Å². The standard InChI is InChI=1S/C20H22N2O3S/c1-4-22(20-21-17-7-5-6-8-18(17)26-20)19(23)10-9-14-11-15(24-2)13-16(12-14)25-3/h5-8,11-13H,4,9-10H2,1-3H3. The number of carbonyl (C=O) groups is 1. The van der Waals surface area contributed by atoms with Crippen molar-refractivity contribution in [1.29, 1.82) is 0 Å². The molecule has 136 valence electrons. The molecule has 0 bridgehead atoms. The number of amides is 1. The predicted octanol–water partition coefficient (Wildman–Crippen LogP) is 4.30. The maximum atomic E-state index is 12.8. The van der Waals surface area contributed by atoms with Crippen molar-refractivity contribution in [2.24, 2.45) is 0 Å². The summed E-state index contributed by atoms with van der Waals surface area (Å²) in [6, 6.07) is 13.6. The highest BCUT2D eigenvalue weighted by molar-refractivity contribution is 7.22. The molecule has 6 heteroatoms. The average molecular weight is 370 g/mol. The highest BCUT2D eigenvalue weighted by Crippen LogP contribution is 2.29. The van der Waals surface area contributed by atoms with Crippen LogP contribution in [0.4, 0.5) is 5.13 Å². The fraction of sp³-hybridized carbons (Fsp3) is 0.300. The van der Waals surface area contributed by atoms with E-state index in [9.17, 15) is 4.79 Å². The minimum absolute atomic E-state index is 0.0633. The Bertz CT molecular complexity index is 852. The van der Waals surface area contributed by atoms with Gasteiger partial charge in [-0.15, -0.1) is 0 Å². The first kappa shape index (κ1) is 18.2. The van der Waals surface area contributed by atoms with E-state index in [1.165, 1.54) is 0 Å². The van der Waals surface area contributed by atoms with E-state index in [2.05, 4.69) is 4.98 Å². The minimum Gasteiger partial charge on any atom is -0.497 e. The van der Waals surface area contributed by atoms with Crippen molar-refractivity contribution in [1.82, 2.24) is 4.98 Å². The molecule has 0 aliphatic heterocycles. The molecular formula is C20H22N2O3S. The fourth-order valence-electron chi connectivity index (χ4n) is 2.79. The lowest BCUT2D eigenvalue weighted by Gasteiger charge is -2.17. The van der Waals surface area contributed by atoms with Gasteiger partial charge in [-0.05, 0) is 43.2 Å². The first-order valence-electron chi connectivity index (χ1n) is 8.52. The Balaban J connectivity index is 1.73. The van der Waals surface area contributed by atoms with Crippen LogP contribution in [0.3, 0.4) is 0 Å². The molecular weight excluding hydrogens is 348 g/mol. The molecule has 1 aromatic heterocycles. The largest absolute Gasteiger partial charge is 0.497 e. The topological polar surface area (TPSA) is 51.7 Å². The lowest BCUT2D eigenvalue weighted by Crippen LogP contribution is -2.30. The molecule has 3 aromatic rings. The number of benzene rings is 2. The third kappa shape index (κ3) is 3.96. The number of methoxy groups -OCH3 is 2. The smallest absolute Gasteiger partial charge is 0.229 e. The van der Waals surface area contributed by atoms with E-state index in [0.29, 0.717) is 19.4 Å². The maximum absolute atomic E-state index is 12.8. The van der Waals surface area contributed by atoms with Crippen molar-refractivity contribution in [2.75, 3.05) is 25.7 Å². The van der Waals surface area contributed by atoms with Gasteiger partial charge in [0, 0.05) is 19.0 Å². The van der Waals surface area contributed by atoms with Gasteiger partial charge in [-0.2, -0.15) is 0 Å². The number of rotatable bonds is 7. The Morgan fingerprint density at radius 3 is 2.42 bits per heavy atom. The van der Waals surface area contributed by atoms with Crippen LogP contribution in [-0.4, -0.2) is 31.7 Å². The first-order chi connectivity index (χ1) is 12.6. The zero-order valence-corrected chi connectivity index (χ0v) is 16.0. The Morgan fingerprint density at radius 2 is 1.81 bits per heavy atom. The maximum Gasteiger partial charge on any atom is 0.229 e. The zero-order valence-electron chi connectivity index (χ0n) is 15.2. The second-order valence-electron chi connectivity index (χ2n) is 5.82. The Labute approximate surface area is 157 Å². The van der Waals surface area contributed by atoms with E-state index < -0.39 is 0 Å². The summed E-state index contributed by atoms with van der Waals surface area (Å²) in [6.07, 6.45) is 1.02. The molecule has 2 aromatic carbocycles. The highest BCUT2D eigenvalue weighted by Gasteiger charge is 2.18. The van der Waals surface area contributed by atoms with E-state index in [1.807, 2.05) is 49.4 Å². The summed E-state index contributed by atoms with van der Waals surface area (Å²) in [6.45, 7) is 2.57. The number of aryl methyl sites for hydroxylation is 1. The van der Waals surface area contributed by atoms with E-state index >= 15 is 0 Å². The molecule has 0 atom stereocenters. The van der Waals surface area contributed by atoms with Crippen LogP contribution < -0.4 is 14.4 Å². The molecule has 0 saturated heterocycles. The molecule has 5 nitrogen and oxygen atoms in total. The first-order valence-corrected chi connectivity index (χ1v) is 9.34. The van der Waals surface area contributed by atoms with Crippen molar-refractivity contribution in [2.45, 2.75) is 19.8 Å². The van der Waals surface area contributed by atoms with E-state index in [-0.39, 0.29) is 5.91 Å². The molecule has 0 aliphatic carbocycles. The molecule has 1 heterocycles. The zero-order chi connectivity index (χ0) is 18.5. The van der Waals surface area contributed by atoms with Gasteiger partial charge < -0.3 is 9.47 Å². The molecule has 0 unspecified atom stereocenters. The second-order valence-corrected chi connectivity index (χ2v) is 6.83. The number of anilines is 1. The van der Waals surface area contributed by atoms with Crippen molar-refractivity contribution in [3.8, 4) is 11.5 Å². The Morgan fingerprint density at radius 1 is 1.12 bits per heavy atom. The quantitative estimate of drug-likeness (QED) is 0.622. The number of hydrogen-bond acceptors (Lipinski definition) is 5. The molecule has 0 N–H and O–H groups in total. The van der Waals surface area contributed by atoms with Crippen LogP contribution in [0.25, 0.3) is 10.2 Å². The normalized spacial score (nSPS) is 10.7. The van der Waals surface area contributed by atoms with Crippen LogP contribution in [0.15, 0.2) is 42.5 Å². The number of hydrogen-bond donors (Lipinski definition) is 0. The monoisotopic (exact) mass is 370 g/mol. The van der Waals surface area contributed by atoms with Crippen LogP contribution in [0.1, 0.15) is 18.9 Å². The number of fused-ring (bicyclic) bond motifs is 1. The van der Waals surface area contributed by atoms with Gasteiger partial charge in [-0.3, -0.25) is 9.69 Å². The number of aromatic nitrogens is 1. The second kappa shape index (κ2) is 8.19. The molecule has 0 radical (unpaired) electrons. The van der Waals surface area contributed by atoms with E-state index in [4.69, 9.17) is 9.47 Å². The number of para-hydroxylation sites is 1. The Kier molecular flexibility index (Phi) is 5.73. The van der Waals surface area contributed by atoms with Crippen LogP contribution in [0.2, 0.25) is 0 Å². The molecule has 1 amide bonds. The highest BCUT2D eigenvalue weighted by atomic mass is 32.1. The molecule has 0 spiro atoms. The van der Waals surface area contributed by atoms with E-state index in [0.717, 1.165) is 32.4 Å². The van der Waals surface area contributed by atoms with Gasteiger partial charge in [0.05, 0.1) is 24.4 Å². The molecule has 0 fully saturated rings. The lowest BCUT2D eigenvalue weighted by molar-refractivity contribution is -0.118. The van der Waals surface area contributed by atoms with Crippen molar-refractivity contribution < 1.29 is 14.3 Å². The summed E-state index contributed by atoms with van der Waals surface area (Å²) in [4.78, 5) is 19.1. The summed E-state index contributed by atoms with van der Waals surface area (Å²) in [5, 5.41) is 0.752. The SMILES string of the molecule is CCN(C(=O)CCc1cc(OC)cc(OC)c1)c1nc2ccccc2s1. The molecule has 0 aliphatic rings. The number of ether oxygens (including phenoxy) is 2. The number of nitrogens with zero attached hydrogens (tertiary/aromatic N) is 2. The van der Waals surface area contributed by atoms with Crippen LogP contribution >= 0.6 is 11.3 Å². The van der Waals surface area contributed by atoms with Crippen molar-refractivity contribution in [3.63, 3.8) is 0 Å². The van der Waals surface area contributed by atoms with Gasteiger partial charge in [0.15, 0.2) is 5.13 Å². The predicted molar refractivity (Wildman–Crippen MR) is 106 cm³/mol. The van der Waals surface area contributed by atoms with Crippen molar-refractivity contribution in [3.05, 3.63) is 48.0 Å². The average Bonchev–Trinajstić information content (AvgIpc) is 3.10. The van der Waals surface area contributed by atoms with Crippen molar-refractivity contribution >= 4 is 32.6 Å². The fourth-order valence-corrected chi connectivity index (χ4v) is 3.84. The van der Waals surface area contributed by atoms with Crippen LogP contribution in [-0.2, 0) is 11.2 Å². The summed E-state index contributed by atoms with van der Waals surface area (Å²) < 4.78 is 11.7. The van der Waals surface area contributed by atoms with Gasteiger partial charge in [-0.1, -0.05) is 23.5 Å². The summed E-state index contributed by atoms with van der Waals surface area (Å²) in [5.41, 5.74) is 1.94. The number of carbonyl (C=O) groups excluding carboxylic acids is 1. The summed E-state index contributed by atoms with van der Waals surface area (Å²) >= 11 is 1.55. The Hall–Kier alpha value is -2.60. The third-order valence-corrected chi connectivity index (χ3v) is 5.23. The molecule has 0 saturated carbocycles. The van der Waals surface area contributed by atoms with Gasteiger partial charge in [0.25, 0.3) is 0 Å². The summed E-state index contributed by atoms with van der Waals surface area (Å²) in [7, 11) is 3.24. The molecule has 26 heavy (non-hydrogen) atoms. The third-order valence-electron chi connectivity index (χ3n) is 4.17. The van der Waals surface area contributed by atoms with Crippen LogP contribution in [0, 0.1) is 0 Å².